The first-order chi connectivity index (χ1) is 12.0. The monoisotopic (exact) mass is 361 g/mol. The van der Waals surface area contributed by atoms with Crippen molar-refractivity contribution in [3.05, 3.63) is 47.9 Å². The van der Waals surface area contributed by atoms with Crippen LogP contribution >= 0.6 is 11.8 Å². The number of anilines is 2. The molecule has 0 aliphatic rings. The fraction of sp³-hybridized carbons (Fsp3) is 0.125. The van der Waals surface area contributed by atoms with Crippen LogP contribution in [0.3, 0.4) is 0 Å². The van der Waals surface area contributed by atoms with Gasteiger partial charge in [0.25, 0.3) is 5.91 Å². The molecule has 0 aliphatic carbocycles. The summed E-state index contributed by atoms with van der Waals surface area (Å²) >= 11 is 1.43. The predicted octanol–water partition coefficient (Wildman–Crippen LogP) is 3.26. The smallest absolute Gasteiger partial charge is 0.271 e. The fourth-order valence-corrected chi connectivity index (χ4v) is 3.04. The molecule has 3 N–H and O–H groups in total. The first-order valence-corrected chi connectivity index (χ1v) is 8.28. The highest BCUT2D eigenvalue weighted by Gasteiger charge is 2.19. The Bertz CT molecular complexity index is 967. The van der Waals surface area contributed by atoms with E-state index in [2.05, 4.69) is 20.5 Å². The van der Waals surface area contributed by atoms with Crippen LogP contribution in [-0.2, 0) is 0 Å². The molecular formula is C16H13F2N5OS. The number of hydrogen-bond acceptors (Lipinski definition) is 6. The largest absolute Gasteiger partial charge is 0.364 e. The second-order valence-corrected chi connectivity index (χ2v) is 6.38. The van der Waals surface area contributed by atoms with Crippen molar-refractivity contribution in [2.75, 3.05) is 11.1 Å². The van der Waals surface area contributed by atoms with Crippen LogP contribution in [-0.4, -0.2) is 26.8 Å². The first-order valence-electron chi connectivity index (χ1n) is 7.29. The highest BCUT2D eigenvalue weighted by molar-refractivity contribution is 7.99. The molecule has 2 heterocycles. The second-order valence-electron chi connectivity index (χ2n) is 5.04. The van der Waals surface area contributed by atoms with Crippen molar-refractivity contribution in [1.29, 1.82) is 0 Å². The summed E-state index contributed by atoms with van der Waals surface area (Å²) in [7, 11) is 0. The number of nitrogens with two attached hydrogens (primary N) is 1. The molecule has 3 aromatic rings. The number of hydrogen-bond donors (Lipinski definition) is 2. The molecule has 0 saturated carbocycles. The van der Waals surface area contributed by atoms with Crippen molar-refractivity contribution in [3.63, 3.8) is 0 Å². The van der Waals surface area contributed by atoms with E-state index in [1.807, 2.05) is 6.92 Å². The molecule has 6 nitrogen and oxygen atoms in total. The van der Waals surface area contributed by atoms with Gasteiger partial charge >= 0.3 is 0 Å². The third-order valence-electron chi connectivity index (χ3n) is 3.31. The molecule has 0 aliphatic heterocycles. The van der Waals surface area contributed by atoms with Gasteiger partial charge in [0.1, 0.15) is 11.3 Å². The van der Waals surface area contributed by atoms with E-state index in [9.17, 15) is 13.6 Å². The third-order valence-corrected chi connectivity index (χ3v) is 4.17. The van der Waals surface area contributed by atoms with Crippen molar-refractivity contribution < 1.29 is 13.6 Å². The molecule has 0 bridgehead atoms. The number of fused-ring (bicyclic) bond motifs is 1. The molecule has 0 unspecified atom stereocenters. The Morgan fingerprint density at radius 3 is 2.72 bits per heavy atom. The molecular weight excluding hydrogens is 348 g/mol. The number of pyridine rings is 1. The van der Waals surface area contributed by atoms with E-state index in [1.54, 1.807) is 6.07 Å². The number of benzene rings is 1. The van der Waals surface area contributed by atoms with Gasteiger partial charge in [-0.15, -0.1) is 22.0 Å². The molecule has 2 aromatic heterocycles. The van der Waals surface area contributed by atoms with E-state index in [0.717, 1.165) is 11.9 Å². The van der Waals surface area contributed by atoms with Crippen LogP contribution in [0.1, 0.15) is 17.4 Å². The Morgan fingerprint density at radius 1 is 1.24 bits per heavy atom. The first kappa shape index (κ1) is 17.0. The van der Waals surface area contributed by atoms with Gasteiger partial charge in [-0.25, -0.2) is 8.78 Å². The number of carbonyl (C=O) groups excluding carboxylic acids is 1. The van der Waals surface area contributed by atoms with Gasteiger partial charge in [0, 0.05) is 16.3 Å². The zero-order valence-corrected chi connectivity index (χ0v) is 13.9. The Kier molecular flexibility index (Phi) is 4.75. The number of amides is 1. The van der Waals surface area contributed by atoms with Crippen LogP contribution in [0.5, 0.6) is 0 Å². The van der Waals surface area contributed by atoms with E-state index in [4.69, 9.17) is 5.73 Å². The van der Waals surface area contributed by atoms with Crippen LogP contribution in [0.4, 0.5) is 20.2 Å². The summed E-state index contributed by atoms with van der Waals surface area (Å²) in [5.74, 6) is -1.24. The van der Waals surface area contributed by atoms with Crippen LogP contribution in [0.15, 0.2) is 35.5 Å². The third kappa shape index (κ3) is 3.50. The zero-order chi connectivity index (χ0) is 18.0. The highest BCUT2D eigenvalue weighted by Crippen LogP contribution is 2.32. The maximum atomic E-state index is 14.4. The summed E-state index contributed by atoms with van der Waals surface area (Å²) in [6.07, 6.45) is 2.40. The molecule has 0 spiro atoms. The molecule has 0 fully saturated rings. The van der Waals surface area contributed by atoms with Crippen LogP contribution in [0.2, 0.25) is 0 Å². The number of carbonyl (C=O) groups is 1. The van der Waals surface area contributed by atoms with Gasteiger partial charge in [-0.2, -0.15) is 0 Å². The molecule has 3 rings (SSSR count). The number of aromatic nitrogens is 3. The van der Waals surface area contributed by atoms with Crippen molar-refractivity contribution in [3.8, 4) is 0 Å². The molecule has 128 valence electrons. The number of rotatable bonds is 5. The SMILES string of the molecule is CCSc1cc(F)c2nnc(C(N)=O)c(Nc3cncc(F)c3)c2c1. The average Bonchev–Trinajstić information content (AvgIpc) is 2.55. The molecule has 0 radical (unpaired) electrons. The van der Waals surface area contributed by atoms with Crippen molar-refractivity contribution in [2.24, 2.45) is 5.73 Å². The predicted molar refractivity (Wildman–Crippen MR) is 91.9 cm³/mol. The molecule has 1 amide bonds. The lowest BCUT2D eigenvalue weighted by Gasteiger charge is -2.13. The van der Waals surface area contributed by atoms with E-state index in [0.29, 0.717) is 10.3 Å². The lowest BCUT2D eigenvalue weighted by molar-refractivity contribution is 0.0995. The Labute approximate surface area is 145 Å². The van der Waals surface area contributed by atoms with Crippen LogP contribution < -0.4 is 11.1 Å². The lowest BCUT2D eigenvalue weighted by atomic mass is 10.1. The van der Waals surface area contributed by atoms with E-state index < -0.39 is 17.5 Å². The van der Waals surface area contributed by atoms with Crippen molar-refractivity contribution in [1.82, 2.24) is 15.2 Å². The summed E-state index contributed by atoms with van der Waals surface area (Å²) in [5.41, 5.74) is 5.59. The maximum Gasteiger partial charge on any atom is 0.271 e. The molecule has 9 heteroatoms. The Morgan fingerprint density at radius 2 is 2.04 bits per heavy atom. The number of nitrogens with one attached hydrogen (secondary N) is 1. The maximum absolute atomic E-state index is 14.4. The minimum absolute atomic E-state index is 0.0164. The Hall–Kier alpha value is -2.81. The normalized spacial score (nSPS) is 10.8. The molecule has 1 aromatic carbocycles. The van der Waals surface area contributed by atoms with Gasteiger partial charge in [0.15, 0.2) is 11.5 Å². The average molecular weight is 361 g/mol. The van der Waals surface area contributed by atoms with Gasteiger partial charge in [-0.1, -0.05) is 6.92 Å². The summed E-state index contributed by atoms with van der Waals surface area (Å²) in [6, 6.07) is 4.22. The number of thioether (sulfide) groups is 1. The number of halogens is 2. The number of primary amides is 1. The fourth-order valence-electron chi connectivity index (χ4n) is 2.32. The van der Waals surface area contributed by atoms with Gasteiger partial charge in [0.2, 0.25) is 0 Å². The molecule has 0 saturated heterocycles. The zero-order valence-electron chi connectivity index (χ0n) is 13.1. The summed E-state index contributed by atoms with van der Waals surface area (Å²) < 4.78 is 27.7. The van der Waals surface area contributed by atoms with E-state index in [-0.39, 0.29) is 22.6 Å². The topological polar surface area (TPSA) is 93.8 Å². The summed E-state index contributed by atoms with van der Waals surface area (Å²) in [4.78, 5) is 16.1. The van der Waals surface area contributed by atoms with Gasteiger partial charge in [-0.05, 0) is 17.9 Å². The quantitative estimate of drug-likeness (QED) is 0.678. The van der Waals surface area contributed by atoms with Crippen molar-refractivity contribution in [2.45, 2.75) is 11.8 Å². The Balaban J connectivity index is 2.24. The number of nitrogens with zero attached hydrogens (tertiary/aromatic N) is 3. The summed E-state index contributed by atoms with van der Waals surface area (Å²) in [5, 5.41) is 10.6. The van der Waals surface area contributed by atoms with Crippen LogP contribution in [0, 0.1) is 11.6 Å². The van der Waals surface area contributed by atoms with E-state index in [1.165, 1.54) is 30.1 Å². The second kappa shape index (κ2) is 6.98. The van der Waals surface area contributed by atoms with Gasteiger partial charge in [0.05, 0.1) is 23.8 Å². The molecule has 0 atom stereocenters. The van der Waals surface area contributed by atoms with Gasteiger partial charge < -0.3 is 11.1 Å². The molecule has 25 heavy (non-hydrogen) atoms. The lowest BCUT2D eigenvalue weighted by Crippen LogP contribution is -2.17. The van der Waals surface area contributed by atoms with Gasteiger partial charge in [-0.3, -0.25) is 9.78 Å². The highest BCUT2D eigenvalue weighted by atomic mass is 32.2. The van der Waals surface area contributed by atoms with Crippen molar-refractivity contribution >= 4 is 39.9 Å². The minimum Gasteiger partial charge on any atom is -0.364 e. The minimum atomic E-state index is -0.838. The standard InChI is InChI=1S/C16H13F2N5OS/c1-2-25-10-4-11-13(12(18)5-10)22-23-15(16(19)24)14(11)21-9-3-8(17)6-20-7-9/h3-7H,2H2,1H3,(H2,19,24)(H,21,22). The summed E-state index contributed by atoms with van der Waals surface area (Å²) in [6.45, 7) is 1.93. The van der Waals surface area contributed by atoms with Crippen LogP contribution in [0.25, 0.3) is 10.9 Å². The van der Waals surface area contributed by atoms with E-state index >= 15 is 0 Å².